The highest BCUT2D eigenvalue weighted by molar-refractivity contribution is 5.98. The van der Waals surface area contributed by atoms with Crippen LogP contribution in [0.1, 0.15) is 59.1 Å². The summed E-state index contributed by atoms with van der Waals surface area (Å²) in [6.45, 7) is -0.109. The Morgan fingerprint density at radius 2 is 1.45 bits per heavy atom. The van der Waals surface area contributed by atoms with Crippen molar-refractivity contribution >= 4 is 29.8 Å². The molecule has 15 nitrogen and oxygen atoms in total. The van der Waals surface area contributed by atoms with Crippen LogP contribution in [0.15, 0.2) is 58.1 Å². The highest BCUT2D eigenvalue weighted by atomic mass is 16.5. The molecular weight excluding hydrogens is 582 g/mol. The second-order valence-corrected chi connectivity index (χ2v) is 9.94. The van der Waals surface area contributed by atoms with Crippen LogP contribution in [0.25, 0.3) is 11.1 Å². The van der Waals surface area contributed by atoms with Crippen molar-refractivity contribution in [3.63, 3.8) is 0 Å². The van der Waals surface area contributed by atoms with Crippen LogP contribution in [0, 0.1) is 0 Å². The minimum Gasteiger partial charge on any atom is -0.494 e. The van der Waals surface area contributed by atoms with Crippen LogP contribution >= 0.6 is 0 Å². The third-order valence-electron chi connectivity index (χ3n) is 7.22. The molecule has 0 aliphatic heterocycles. The number of carboxylic acid groups (broad SMARTS) is 3. The van der Waals surface area contributed by atoms with E-state index in [9.17, 15) is 48.9 Å². The molecule has 0 spiro atoms. The van der Waals surface area contributed by atoms with Crippen LogP contribution in [-0.2, 0) is 19.1 Å². The molecule has 2 atom stereocenters. The monoisotopic (exact) mass is 609 g/mol. The summed E-state index contributed by atoms with van der Waals surface area (Å²) in [5, 5.41) is 40.6. The van der Waals surface area contributed by atoms with Gasteiger partial charge in [0.15, 0.2) is 5.78 Å². The SMILES string of the molecule is O=C(O)CCC(C(=O)O)n1c(O)c(C(=O)CCC(NC(=O)OCC2c3ccccc3-c3ccccc32)C(=O)O)c(=O)[nH]c1=O. The number of nitrogens with zero attached hydrogens (tertiary/aromatic N) is 1. The molecule has 1 aliphatic rings. The van der Waals surface area contributed by atoms with E-state index < -0.39 is 90.2 Å². The molecule has 1 amide bonds. The summed E-state index contributed by atoms with van der Waals surface area (Å²) in [7, 11) is 0. The number of benzene rings is 2. The number of aromatic amines is 1. The highest BCUT2D eigenvalue weighted by Crippen LogP contribution is 2.44. The first-order valence-electron chi connectivity index (χ1n) is 13.3. The van der Waals surface area contributed by atoms with E-state index in [0.717, 1.165) is 22.3 Å². The van der Waals surface area contributed by atoms with Crippen LogP contribution in [0.5, 0.6) is 5.88 Å². The predicted molar refractivity (Wildman–Crippen MR) is 150 cm³/mol. The molecule has 3 aromatic rings. The maximum absolute atomic E-state index is 12.9. The van der Waals surface area contributed by atoms with Crippen molar-refractivity contribution in [3.8, 4) is 17.0 Å². The number of rotatable bonds is 13. The van der Waals surface area contributed by atoms with E-state index in [2.05, 4.69) is 5.32 Å². The average molecular weight is 610 g/mol. The Balaban J connectivity index is 1.44. The molecule has 2 aromatic carbocycles. The van der Waals surface area contributed by atoms with E-state index >= 15 is 0 Å². The number of nitrogens with one attached hydrogen (secondary N) is 2. The number of carbonyl (C=O) groups excluding carboxylic acids is 2. The minimum absolute atomic E-state index is 0.109. The van der Waals surface area contributed by atoms with E-state index in [1.54, 1.807) is 4.98 Å². The highest BCUT2D eigenvalue weighted by Gasteiger charge is 2.32. The van der Waals surface area contributed by atoms with Crippen molar-refractivity contribution in [2.24, 2.45) is 0 Å². The number of alkyl carbamates (subject to hydrolysis) is 1. The quantitative estimate of drug-likeness (QED) is 0.152. The van der Waals surface area contributed by atoms with Gasteiger partial charge < -0.3 is 30.5 Å². The van der Waals surface area contributed by atoms with Crippen LogP contribution < -0.4 is 16.6 Å². The number of ketones is 1. The van der Waals surface area contributed by atoms with Crippen molar-refractivity contribution in [2.45, 2.75) is 43.7 Å². The molecular formula is C29H27N3O12. The molecule has 0 radical (unpaired) electrons. The lowest BCUT2D eigenvalue weighted by atomic mass is 9.98. The average Bonchev–Trinajstić information content (AvgIpc) is 3.28. The van der Waals surface area contributed by atoms with Gasteiger partial charge in [0.2, 0.25) is 5.88 Å². The molecule has 0 saturated heterocycles. The fraction of sp³-hybridized carbons (Fsp3) is 0.276. The standard InChI is InChI=1S/C29H27N3O12/c33-21(23-24(36)31-28(42)32(25(23)37)20(27(40)41)10-12-22(34)35)11-9-19(26(38)39)30-29(43)44-13-18-16-7-3-1-5-14(16)15-6-2-4-8-17(15)18/h1-8,18-20,37H,9-13H2,(H,30,43)(H,34,35)(H,38,39)(H,40,41)(H,31,36,42). The summed E-state index contributed by atoms with van der Waals surface area (Å²) in [6, 6.07) is 11.6. The maximum atomic E-state index is 12.9. The molecule has 15 heteroatoms. The van der Waals surface area contributed by atoms with Gasteiger partial charge in [-0.05, 0) is 35.1 Å². The zero-order valence-electron chi connectivity index (χ0n) is 22.9. The molecule has 0 fully saturated rings. The smallest absolute Gasteiger partial charge is 0.407 e. The first-order valence-corrected chi connectivity index (χ1v) is 13.3. The van der Waals surface area contributed by atoms with E-state index in [1.165, 1.54) is 0 Å². The molecule has 4 rings (SSSR count). The lowest BCUT2D eigenvalue weighted by molar-refractivity contribution is -0.142. The van der Waals surface area contributed by atoms with E-state index in [1.807, 2.05) is 48.5 Å². The summed E-state index contributed by atoms with van der Waals surface area (Å²) in [4.78, 5) is 86.2. The van der Waals surface area contributed by atoms with Crippen molar-refractivity contribution in [3.05, 3.63) is 86.1 Å². The Morgan fingerprint density at radius 1 is 0.864 bits per heavy atom. The number of ether oxygens (including phenoxy) is 1. The molecule has 230 valence electrons. The number of fused-ring (bicyclic) bond motifs is 3. The molecule has 0 saturated carbocycles. The van der Waals surface area contributed by atoms with Crippen molar-refractivity contribution in [1.82, 2.24) is 14.9 Å². The van der Waals surface area contributed by atoms with Crippen LogP contribution in [0.4, 0.5) is 4.79 Å². The second kappa shape index (κ2) is 13.1. The number of amides is 1. The van der Waals surface area contributed by atoms with Gasteiger partial charge in [-0.1, -0.05) is 48.5 Å². The third-order valence-corrected chi connectivity index (χ3v) is 7.22. The third kappa shape index (κ3) is 6.51. The van der Waals surface area contributed by atoms with Gasteiger partial charge in [0.25, 0.3) is 5.56 Å². The Kier molecular flexibility index (Phi) is 9.26. The lowest BCUT2D eigenvalue weighted by Crippen LogP contribution is -2.42. The Morgan fingerprint density at radius 3 is 2.00 bits per heavy atom. The van der Waals surface area contributed by atoms with Gasteiger partial charge in [0, 0.05) is 18.8 Å². The molecule has 1 aromatic heterocycles. The molecule has 1 aliphatic carbocycles. The van der Waals surface area contributed by atoms with Gasteiger partial charge in [-0.2, -0.15) is 0 Å². The largest absolute Gasteiger partial charge is 0.494 e. The number of Topliss-reactive ketones (excluding diaryl/α,β-unsaturated/α-hetero) is 1. The number of carboxylic acids is 3. The second-order valence-electron chi connectivity index (χ2n) is 9.94. The van der Waals surface area contributed by atoms with E-state index in [0.29, 0.717) is 0 Å². The summed E-state index contributed by atoms with van der Waals surface area (Å²) in [5.74, 6) is -7.43. The number of aliphatic carboxylic acids is 3. The predicted octanol–water partition coefficient (Wildman–Crippen LogP) is 1.69. The summed E-state index contributed by atoms with van der Waals surface area (Å²) in [6.07, 6.45) is -3.76. The van der Waals surface area contributed by atoms with Crippen molar-refractivity contribution in [1.29, 1.82) is 0 Å². The van der Waals surface area contributed by atoms with Crippen LogP contribution in [0.3, 0.4) is 0 Å². The number of hydrogen-bond donors (Lipinski definition) is 6. The van der Waals surface area contributed by atoms with Gasteiger partial charge >= 0.3 is 29.7 Å². The molecule has 2 unspecified atom stereocenters. The Bertz CT molecular complexity index is 1710. The minimum atomic E-state index is -1.94. The number of aromatic nitrogens is 2. The fourth-order valence-electron chi connectivity index (χ4n) is 5.14. The first-order chi connectivity index (χ1) is 20.9. The van der Waals surface area contributed by atoms with Crippen molar-refractivity contribution < 1.29 is 49.1 Å². The normalized spacial score (nSPS) is 13.3. The maximum Gasteiger partial charge on any atom is 0.407 e. The van der Waals surface area contributed by atoms with E-state index in [-0.39, 0.29) is 17.1 Å². The Hall–Kier alpha value is -5.73. The lowest BCUT2D eigenvalue weighted by Gasteiger charge is -2.18. The van der Waals surface area contributed by atoms with Crippen molar-refractivity contribution in [2.75, 3.05) is 6.61 Å². The molecule has 1 heterocycles. The number of H-pyrrole nitrogens is 1. The van der Waals surface area contributed by atoms with Gasteiger partial charge in [-0.3, -0.25) is 19.4 Å². The summed E-state index contributed by atoms with van der Waals surface area (Å²) < 4.78 is 5.51. The Labute approximate surface area is 247 Å². The molecule has 6 N–H and O–H groups in total. The van der Waals surface area contributed by atoms with Gasteiger partial charge in [-0.15, -0.1) is 0 Å². The van der Waals surface area contributed by atoms with E-state index in [4.69, 9.17) is 9.84 Å². The first kappa shape index (κ1) is 31.2. The number of aromatic hydroxyl groups is 1. The summed E-state index contributed by atoms with van der Waals surface area (Å²) in [5.41, 5.74) is 0.0362. The zero-order valence-corrected chi connectivity index (χ0v) is 22.9. The van der Waals surface area contributed by atoms with Gasteiger partial charge in [0.05, 0.1) is 0 Å². The van der Waals surface area contributed by atoms with Gasteiger partial charge in [-0.25, -0.2) is 23.7 Å². The zero-order chi connectivity index (χ0) is 32.1. The summed E-state index contributed by atoms with van der Waals surface area (Å²) >= 11 is 0. The number of hydrogen-bond acceptors (Lipinski definition) is 9. The number of carbonyl (C=O) groups is 5. The molecule has 0 bridgehead atoms. The van der Waals surface area contributed by atoms with Gasteiger partial charge in [0.1, 0.15) is 24.3 Å². The fourth-order valence-corrected chi connectivity index (χ4v) is 5.14. The van der Waals surface area contributed by atoms with Crippen LogP contribution in [0.2, 0.25) is 0 Å². The van der Waals surface area contributed by atoms with Crippen LogP contribution in [-0.4, -0.2) is 72.4 Å². The molecule has 44 heavy (non-hydrogen) atoms. The topological polar surface area (TPSA) is 242 Å².